The number of fused-ring (bicyclic) bond motifs is 1. The van der Waals surface area contributed by atoms with Crippen LogP contribution < -0.4 is 18.9 Å². The van der Waals surface area contributed by atoms with Crippen LogP contribution in [-0.2, 0) is 23.4 Å². The van der Waals surface area contributed by atoms with Crippen LogP contribution >= 0.6 is 0 Å². The highest BCUT2D eigenvalue weighted by molar-refractivity contribution is 7.87. The molecule has 28 heavy (non-hydrogen) atoms. The van der Waals surface area contributed by atoms with E-state index in [4.69, 9.17) is 14.2 Å². The van der Waals surface area contributed by atoms with Crippen LogP contribution in [0.4, 0.5) is 0 Å². The van der Waals surface area contributed by atoms with Gasteiger partial charge in [0.25, 0.3) is 10.2 Å². The lowest BCUT2D eigenvalue weighted by atomic mass is 10.2. The van der Waals surface area contributed by atoms with Crippen LogP contribution in [-0.4, -0.2) is 38.1 Å². The van der Waals surface area contributed by atoms with Gasteiger partial charge in [-0.05, 0) is 35.7 Å². The van der Waals surface area contributed by atoms with Gasteiger partial charge in [-0.1, -0.05) is 19.4 Å². The van der Waals surface area contributed by atoms with Gasteiger partial charge in [-0.15, -0.1) is 0 Å². The molecule has 152 valence electrons. The minimum atomic E-state index is -3.51. The third-order valence-electron chi connectivity index (χ3n) is 4.32. The van der Waals surface area contributed by atoms with Crippen LogP contribution in [0.5, 0.6) is 17.4 Å². The standard InChI is InChI=1S/C19H25N3O5S/c1-3-4-9-22(2)28(23,24)21-12-15-7-8-20-19(11-15)25-13-16-5-6-17-18(10-16)27-14-26-17/h5-8,10-11,21H,3-4,9,12-14H2,1-2H3. The topological polar surface area (TPSA) is 90.0 Å². The first-order chi connectivity index (χ1) is 13.5. The quantitative estimate of drug-likeness (QED) is 0.651. The molecule has 0 atom stereocenters. The molecule has 0 spiro atoms. The first kappa shape index (κ1) is 20.4. The van der Waals surface area contributed by atoms with Crippen LogP contribution in [0.2, 0.25) is 0 Å². The van der Waals surface area contributed by atoms with Gasteiger partial charge in [-0.2, -0.15) is 17.4 Å². The third-order valence-corrected chi connectivity index (χ3v) is 5.83. The molecule has 9 heteroatoms. The number of ether oxygens (including phenoxy) is 3. The summed E-state index contributed by atoms with van der Waals surface area (Å²) in [6.45, 7) is 3.23. The Kier molecular flexibility index (Phi) is 6.71. The average Bonchev–Trinajstić information content (AvgIpc) is 3.17. The van der Waals surface area contributed by atoms with Crippen LogP contribution in [0, 0.1) is 0 Å². The van der Waals surface area contributed by atoms with E-state index in [9.17, 15) is 8.42 Å². The molecule has 1 aliphatic rings. The van der Waals surface area contributed by atoms with E-state index in [0.29, 0.717) is 24.8 Å². The van der Waals surface area contributed by atoms with Gasteiger partial charge in [0, 0.05) is 32.4 Å². The number of hydrogen-bond acceptors (Lipinski definition) is 6. The van der Waals surface area contributed by atoms with Crippen molar-refractivity contribution in [2.45, 2.75) is 32.9 Å². The second kappa shape index (κ2) is 9.22. The summed E-state index contributed by atoms with van der Waals surface area (Å²) >= 11 is 0. The lowest BCUT2D eigenvalue weighted by Crippen LogP contribution is -2.38. The van der Waals surface area contributed by atoms with Crippen LogP contribution in [0.1, 0.15) is 30.9 Å². The predicted octanol–water partition coefficient (Wildman–Crippen LogP) is 2.46. The summed E-state index contributed by atoms with van der Waals surface area (Å²) in [7, 11) is -1.93. The van der Waals surface area contributed by atoms with Gasteiger partial charge in [-0.3, -0.25) is 0 Å². The normalized spacial score (nSPS) is 13.1. The summed E-state index contributed by atoms with van der Waals surface area (Å²) < 4.78 is 44.8. The zero-order valence-corrected chi connectivity index (χ0v) is 16.9. The maximum absolute atomic E-state index is 12.2. The van der Waals surface area contributed by atoms with Crippen molar-refractivity contribution in [2.75, 3.05) is 20.4 Å². The number of nitrogens with one attached hydrogen (secondary N) is 1. The second-order valence-corrected chi connectivity index (χ2v) is 8.34. The Balaban J connectivity index is 1.55. The number of hydrogen-bond donors (Lipinski definition) is 1. The molecule has 3 rings (SSSR count). The fourth-order valence-corrected chi connectivity index (χ4v) is 3.55. The van der Waals surface area contributed by atoms with E-state index < -0.39 is 10.2 Å². The molecule has 2 aromatic rings. The molecule has 1 aliphatic heterocycles. The van der Waals surface area contributed by atoms with Gasteiger partial charge >= 0.3 is 0 Å². The minimum absolute atomic E-state index is 0.168. The van der Waals surface area contributed by atoms with Crippen molar-refractivity contribution < 1.29 is 22.6 Å². The highest BCUT2D eigenvalue weighted by Gasteiger charge is 2.16. The van der Waals surface area contributed by atoms with Gasteiger partial charge < -0.3 is 14.2 Å². The van der Waals surface area contributed by atoms with E-state index in [1.807, 2.05) is 25.1 Å². The highest BCUT2D eigenvalue weighted by atomic mass is 32.2. The Morgan fingerprint density at radius 1 is 1.18 bits per heavy atom. The molecule has 0 saturated heterocycles. The van der Waals surface area contributed by atoms with E-state index in [-0.39, 0.29) is 13.3 Å². The number of benzene rings is 1. The Bertz CT molecular complexity index is 904. The Morgan fingerprint density at radius 3 is 2.82 bits per heavy atom. The fraction of sp³-hybridized carbons (Fsp3) is 0.421. The van der Waals surface area contributed by atoms with E-state index in [1.165, 1.54) is 4.31 Å². The smallest absolute Gasteiger partial charge is 0.279 e. The number of nitrogens with zero attached hydrogens (tertiary/aromatic N) is 2. The highest BCUT2D eigenvalue weighted by Crippen LogP contribution is 2.32. The molecule has 1 aromatic carbocycles. The molecule has 1 aromatic heterocycles. The van der Waals surface area contributed by atoms with E-state index in [2.05, 4.69) is 9.71 Å². The Hall–Kier alpha value is -2.36. The molecular formula is C19H25N3O5S. The maximum atomic E-state index is 12.2. The van der Waals surface area contributed by atoms with Crippen molar-refractivity contribution in [1.82, 2.24) is 14.0 Å². The zero-order valence-electron chi connectivity index (χ0n) is 16.1. The zero-order chi connectivity index (χ0) is 20.0. The fourth-order valence-electron chi connectivity index (χ4n) is 2.61. The SMILES string of the molecule is CCCCN(C)S(=O)(=O)NCc1ccnc(OCc2ccc3c(c2)OCO3)c1. The van der Waals surface area contributed by atoms with Gasteiger partial charge in [0.1, 0.15) is 6.61 Å². The summed E-state index contributed by atoms with van der Waals surface area (Å²) in [5.41, 5.74) is 1.69. The van der Waals surface area contributed by atoms with Crippen molar-refractivity contribution in [2.24, 2.45) is 0 Å². The van der Waals surface area contributed by atoms with Gasteiger partial charge in [-0.25, -0.2) is 4.98 Å². The average molecular weight is 407 g/mol. The van der Waals surface area contributed by atoms with E-state index >= 15 is 0 Å². The third kappa shape index (κ3) is 5.34. The van der Waals surface area contributed by atoms with Crippen molar-refractivity contribution in [3.05, 3.63) is 47.7 Å². The second-order valence-electron chi connectivity index (χ2n) is 6.48. The lowest BCUT2D eigenvalue weighted by molar-refractivity contribution is 0.174. The van der Waals surface area contributed by atoms with Crippen LogP contribution in [0.25, 0.3) is 0 Å². The maximum Gasteiger partial charge on any atom is 0.279 e. The van der Waals surface area contributed by atoms with Gasteiger partial charge in [0.05, 0.1) is 0 Å². The molecular weight excluding hydrogens is 382 g/mol. The van der Waals surface area contributed by atoms with Crippen molar-refractivity contribution >= 4 is 10.2 Å². The number of unbranched alkanes of at least 4 members (excludes halogenated alkanes) is 1. The summed E-state index contributed by atoms with van der Waals surface area (Å²) in [6, 6.07) is 9.09. The van der Waals surface area contributed by atoms with Crippen molar-refractivity contribution in [3.8, 4) is 17.4 Å². The molecule has 8 nitrogen and oxygen atoms in total. The monoisotopic (exact) mass is 407 g/mol. The summed E-state index contributed by atoms with van der Waals surface area (Å²) in [6.07, 6.45) is 3.36. The molecule has 0 fully saturated rings. The van der Waals surface area contributed by atoms with Crippen molar-refractivity contribution in [3.63, 3.8) is 0 Å². The molecule has 0 unspecified atom stereocenters. The lowest BCUT2D eigenvalue weighted by Gasteiger charge is -2.17. The number of aromatic nitrogens is 1. The van der Waals surface area contributed by atoms with E-state index in [1.54, 1.807) is 25.4 Å². The summed E-state index contributed by atoms with van der Waals surface area (Å²) in [5.74, 6) is 1.85. The first-order valence-corrected chi connectivity index (χ1v) is 10.6. The number of rotatable bonds is 10. The van der Waals surface area contributed by atoms with E-state index in [0.717, 1.165) is 29.7 Å². The van der Waals surface area contributed by atoms with Gasteiger partial charge in [0.15, 0.2) is 11.5 Å². The summed E-state index contributed by atoms with van der Waals surface area (Å²) in [4.78, 5) is 4.18. The van der Waals surface area contributed by atoms with Crippen LogP contribution in [0.3, 0.4) is 0 Å². The first-order valence-electron chi connectivity index (χ1n) is 9.15. The largest absolute Gasteiger partial charge is 0.473 e. The Morgan fingerprint density at radius 2 is 2.00 bits per heavy atom. The number of pyridine rings is 1. The molecule has 0 aliphatic carbocycles. The molecule has 0 amide bonds. The summed E-state index contributed by atoms with van der Waals surface area (Å²) in [5, 5.41) is 0. The molecule has 0 bridgehead atoms. The van der Waals surface area contributed by atoms with Gasteiger partial charge in [0.2, 0.25) is 12.7 Å². The predicted molar refractivity (Wildman–Crippen MR) is 104 cm³/mol. The van der Waals surface area contributed by atoms with Crippen molar-refractivity contribution in [1.29, 1.82) is 0 Å². The van der Waals surface area contributed by atoms with Crippen LogP contribution in [0.15, 0.2) is 36.5 Å². The minimum Gasteiger partial charge on any atom is -0.473 e. The molecule has 1 N–H and O–H groups in total. The molecule has 0 radical (unpaired) electrons. The molecule has 2 heterocycles. The Labute approximate surface area is 165 Å². The molecule has 0 saturated carbocycles.